The van der Waals surface area contributed by atoms with Crippen LogP contribution >= 0.6 is 0 Å². The molecule has 66 heavy (non-hydrogen) atoms. The maximum atomic E-state index is 13.8. The quantitative estimate of drug-likeness (QED) is 0.0332. The number of rotatable bonds is 26. The van der Waals surface area contributed by atoms with Gasteiger partial charge in [-0.05, 0) is 42.5 Å². The van der Waals surface area contributed by atoms with Gasteiger partial charge in [0.2, 0.25) is 23.6 Å². The van der Waals surface area contributed by atoms with Gasteiger partial charge in [0.1, 0.15) is 41.5 Å². The Labute approximate surface area is 380 Å². The maximum absolute atomic E-state index is 13.8. The van der Waals surface area contributed by atoms with Gasteiger partial charge in [0.15, 0.2) is 6.04 Å². The highest BCUT2D eigenvalue weighted by atomic mass is 16.5. The lowest BCUT2D eigenvalue weighted by atomic mass is 10.1. The van der Waals surface area contributed by atoms with Gasteiger partial charge in [-0.3, -0.25) is 38.9 Å². The predicted octanol–water partition coefficient (Wildman–Crippen LogP) is 2.65. The Morgan fingerprint density at radius 1 is 0.727 bits per heavy atom. The molecule has 0 radical (unpaired) electrons. The first-order chi connectivity index (χ1) is 31.7. The first-order valence-electron chi connectivity index (χ1n) is 21.5. The molecule has 348 valence electrons. The highest BCUT2D eigenvalue weighted by Crippen LogP contribution is 2.26. The smallest absolute Gasteiger partial charge is 0.359 e. The topological polar surface area (TPSA) is 283 Å². The largest absolute Gasteiger partial charge is 0.494 e. The number of carbonyl (C=O) groups is 8. The number of ether oxygens (including phenoxy) is 1. The maximum Gasteiger partial charge on any atom is 0.359 e. The third-order valence-corrected chi connectivity index (χ3v) is 10.5. The van der Waals surface area contributed by atoms with E-state index >= 15 is 0 Å². The number of carboxylic acids is 3. The van der Waals surface area contributed by atoms with Crippen molar-refractivity contribution in [3.05, 3.63) is 108 Å². The number of hydrogen-bond acceptors (Lipinski definition) is 11. The van der Waals surface area contributed by atoms with E-state index in [-0.39, 0.29) is 18.9 Å². The number of carboxylic acid groups (broad SMARTS) is 3. The van der Waals surface area contributed by atoms with Gasteiger partial charge in [0.05, 0.1) is 19.4 Å². The Hall–Kier alpha value is -7.70. The van der Waals surface area contributed by atoms with Crippen LogP contribution in [0.2, 0.25) is 0 Å². The minimum absolute atomic E-state index is 0.0816. The van der Waals surface area contributed by atoms with Crippen LogP contribution in [-0.4, -0.2) is 105 Å². The predicted molar refractivity (Wildman–Crippen MR) is 237 cm³/mol. The summed E-state index contributed by atoms with van der Waals surface area (Å²) in [5.74, 6) is -6.73. The average Bonchev–Trinajstić information content (AvgIpc) is 3.59. The monoisotopic (exact) mass is 908 g/mol. The first-order valence-corrected chi connectivity index (χ1v) is 21.5. The van der Waals surface area contributed by atoms with E-state index in [4.69, 9.17) is 14.8 Å². The van der Waals surface area contributed by atoms with Crippen LogP contribution in [0.5, 0.6) is 5.75 Å². The van der Waals surface area contributed by atoms with Gasteiger partial charge in [0, 0.05) is 38.3 Å². The van der Waals surface area contributed by atoms with E-state index < -0.39 is 85.0 Å². The van der Waals surface area contributed by atoms with E-state index in [1.165, 1.54) is 0 Å². The molecule has 1 aliphatic rings. The molecule has 3 aromatic carbocycles. The molecule has 19 nitrogen and oxygen atoms in total. The Morgan fingerprint density at radius 3 is 2.00 bits per heavy atom. The molecule has 2 heterocycles. The number of aromatic nitrogens is 2. The van der Waals surface area contributed by atoms with Gasteiger partial charge < -0.3 is 41.3 Å². The number of hydrogen-bond donors (Lipinski definition) is 8. The second-order valence-electron chi connectivity index (χ2n) is 15.8. The fraction of sp³-hybridized carbons (Fsp3) is 0.362. The molecule has 5 rings (SSSR count). The lowest BCUT2D eigenvalue weighted by Gasteiger charge is -2.24. The zero-order valence-corrected chi connectivity index (χ0v) is 36.4. The van der Waals surface area contributed by atoms with E-state index in [1.807, 2.05) is 84.9 Å². The lowest BCUT2D eigenvalue weighted by molar-refractivity contribution is -0.552. The van der Waals surface area contributed by atoms with Crippen molar-refractivity contribution in [2.24, 2.45) is 0 Å². The van der Waals surface area contributed by atoms with Crippen molar-refractivity contribution in [3.8, 4) is 17.0 Å². The van der Waals surface area contributed by atoms with Gasteiger partial charge in [0.25, 0.3) is 0 Å². The van der Waals surface area contributed by atoms with Crippen molar-refractivity contribution in [1.82, 2.24) is 26.3 Å². The van der Waals surface area contributed by atoms with Crippen molar-refractivity contribution in [2.75, 3.05) is 18.5 Å². The third-order valence-electron chi connectivity index (χ3n) is 10.5. The van der Waals surface area contributed by atoms with Crippen LogP contribution in [0, 0.1) is 0 Å². The van der Waals surface area contributed by atoms with Crippen molar-refractivity contribution >= 4 is 53.3 Å². The molecule has 0 bridgehead atoms. The highest BCUT2D eigenvalue weighted by Gasteiger charge is 2.41. The number of carbonyl (C=O) groups excluding carboxylic acids is 5. The van der Waals surface area contributed by atoms with Crippen LogP contribution in [0.3, 0.4) is 0 Å². The molecule has 4 aromatic rings. The molecule has 0 saturated carbocycles. The Bertz CT molecular complexity index is 2370. The summed E-state index contributed by atoms with van der Waals surface area (Å²) in [6.07, 6.45) is 2.72. The SMILES string of the molecule is CC(=O)N[C@@H](CC(=O)O)C(=O)N[C@@H](CC(=O)O)C(=O)N[C@@H](CCC(=O)O)C(=O)NCCCCCCOc1cccc(CC2Nc3c(Cc4ccccc4)nc(-c4ccccc4)c[n+]3C2=O)c1. The second-order valence-corrected chi connectivity index (χ2v) is 15.8. The minimum atomic E-state index is -1.79. The first kappa shape index (κ1) is 49.3. The standard InChI is InChI=1S/C47H53N7O12/c1-29(55)49-36(26-41(58)59)45(63)53-37(27-42(60)61)46(64)52-34(19-20-40(56)57)44(62)48-21-10-2-3-11-22-66-33-18-12-15-31(23-33)25-38-47(65)54-28-39(32-16-8-5-9-17-32)50-35(43(54)51-38)24-30-13-6-4-7-14-30/h4-9,12-18,23,28,34,36-38H,2-3,10-11,19-22,24-27H2,1H3,(H7,48,49,52,53,55,56,57,58,59,60,61,62,63,64)/p+1/t34-,36-,37-,38?/m0/s1. The number of unbranched alkanes of at least 4 members (excludes halogenated alkanes) is 3. The second kappa shape index (κ2) is 24.4. The normalized spacial score (nSPS) is 14.1. The van der Waals surface area contributed by atoms with Crippen LogP contribution < -0.4 is 35.9 Å². The molecule has 8 N–H and O–H groups in total. The molecule has 0 aliphatic carbocycles. The summed E-state index contributed by atoms with van der Waals surface area (Å²) >= 11 is 0. The Kier molecular flexibility index (Phi) is 18.2. The van der Waals surface area contributed by atoms with E-state index in [0.29, 0.717) is 56.0 Å². The van der Waals surface area contributed by atoms with E-state index in [9.17, 15) is 48.6 Å². The van der Waals surface area contributed by atoms with Crippen LogP contribution in [0.15, 0.2) is 91.1 Å². The number of amides is 4. The number of nitrogens with one attached hydrogen (secondary N) is 5. The minimum Gasteiger partial charge on any atom is -0.494 e. The van der Waals surface area contributed by atoms with Crippen LogP contribution in [0.1, 0.15) is 79.9 Å². The highest BCUT2D eigenvalue weighted by molar-refractivity contribution is 5.97. The van der Waals surface area contributed by atoms with Crippen LogP contribution in [-0.2, 0) is 46.4 Å². The summed E-state index contributed by atoms with van der Waals surface area (Å²) in [7, 11) is 0. The summed E-state index contributed by atoms with van der Waals surface area (Å²) in [6, 6.07) is 22.0. The summed E-state index contributed by atoms with van der Waals surface area (Å²) in [5, 5.41) is 40.3. The van der Waals surface area contributed by atoms with Crippen LogP contribution in [0.25, 0.3) is 11.3 Å². The molecule has 1 aliphatic heterocycles. The third kappa shape index (κ3) is 15.2. The van der Waals surface area contributed by atoms with Crippen molar-refractivity contribution in [2.45, 2.75) is 95.3 Å². The van der Waals surface area contributed by atoms with Gasteiger partial charge in [-0.2, -0.15) is 4.57 Å². The molecular weight excluding hydrogens is 855 g/mol. The molecule has 19 heteroatoms. The van der Waals surface area contributed by atoms with Crippen LogP contribution in [0.4, 0.5) is 5.82 Å². The van der Waals surface area contributed by atoms with Crippen molar-refractivity contribution < 1.29 is 63.0 Å². The van der Waals surface area contributed by atoms with E-state index in [1.54, 1.807) is 10.8 Å². The number of benzene rings is 3. The van der Waals surface area contributed by atoms with Gasteiger partial charge in [-0.15, -0.1) is 0 Å². The molecule has 1 unspecified atom stereocenters. The molecule has 1 aromatic heterocycles. The zero-order chi connectivity index (χ0) is 47.6. The van der Waals surface area contributed by atoms with Gasteiger partial charge >= 0.3 is 29.6 Å². The summed E-state index contributed by atoms with van der Waals surface area (Å²) in [6.45, 7) is 1.62. The summed E-state index contributed by atoms with van der Waals surface area (Å²) in [4.78, 5) is 103. The van der Waals surface area contributed by atoms with Crippen molar-refractivity contribution in [3.63, 3.8) is 0 Å². The van der Waals surface area contributed by atoms with Crippen molar-refractivity contribution in [1.29, 1.82) is 0 Å². The summed E-state index contributed by atoms with van der Waals surface area (Å²) in [5.41, 5.74) is 4.37. The number of anilines is 1. The molecule has 0 saturated heterocycles. The molecule has 4 amide bonds. The number of aliphatic carboxylic acids is 3. The Morgan fingerprint density at radius 2 is 1.35 bits per heavy atom. The van der Waals surface area contributed by atoms with Gasteiger partial charge in [-0.1, -0.05) is 85.6 Å². The molecule has 4 atom stereocenters. The number of nitrogens with zero attached hydrogens (tertiary/aromatic N) is 2. The number of fused-ring (bicyclic) bond motifs is 1. The van der Waals surface area contributed by atoms with Gasteiger partial charge in [-0.25, -0.2) is 9.78 Å². The molecule has 0 spiro atoms. The summed E-state index contributed by atoms with van der Waals surface area (Å²) < 4.78 is 7.71. The zero-order valence-electron chi connectivity index (χ0n) is 36.4. The average molecular weight is 909 g/mol. The fourth-order valence-electron chi connectivity index (χ4n) is 7.27. The molecular formula is C47H54N7O12+. The fourth-order valence-corrected chi connectivity index (χ4v) is 7.27. The molecule has 0 fully saturated rings. The Balaban J connectivity index is 1.08. The van der Waals surface area contributed by atoms with E-state index in [0.717, 1.165) is 35.7 Å². The lowest BCUT2D eigenvalue weighted by Crippen LogP contribution is -2.57. The van der Waals surface area contributed by atoms with E-state index in [2.05, 4.69) is 26.6 Å².